The molecule has 0 aliphatic rings. The van der Waals surface area contributed by atoms with Crippen molar-refractivity contribution in [3.05, 3.63) is 38.2 Å². The number of nitrogens with zero attached hydrogens (tertiary/aromatic N) is 1. The van der Waals surface area contributed by atoms with Crippen LogP contribution in [0.25, 0.3) is 11.0 Å². The van der Waals surface area contributed by atoms with Crippen LogP contribution in [-0.4, -0.2) is 47.8 Å². The highest BCUT2D eigenvalue weighted by atomic mass is 79.9. The van der Waals surface area contributed by atoms with E-state index < -0.39 is 17.3 Å². The number of unbranched alkanes of at least 4 members (excludes halogenated alkanes) is 4. The van der Waals surface area contributed by atoms with Gasteiger partial charge in [0.05, 0.1) is 16.6 Å². The van der Waals surface area contributed by atoms with Crippen LogP contribution in [0.1, 0.15) is 70.4 Å². The number of fused-ring (bicyclic) bond motifs is 1. The van der Waals surface area contributed by atoms with E-state index in [1.807, 2.05) is 20.8 Å². The van der Waals surface area contributed by atoms with E-state index in [1.165, 1.54) is 6.07 Å². The van der Waals surface area contributed by atoms with Crippen LogP contribution in [0.2, 0.25) is 0 Å². The maximum atomic E-state index is 12.3. The fraction of sp³-hybridized carbons (Fsp3) is 0.536. The highest BCUT2D eigenvalue weighted by Crippen LogP contribution is 2.36. The van der Waals surface area contributed by atoms with Crippen molar-refractivity contribution in [1.82, 2.24) is 10.2 Å². The van der Waals surface area contributed by atoms with Gasteiger partial charge >= 0.3 is 17.7 Å². The number of aromatic hydroxyl groups is 1. The first-order valence-corrected chi connectivity index (χ1v) is 13.4. The Labute approximate surface area is 232 Å². The minimum atomic E-state index is -0.604. The van der Waals surface area contributed by atoms with Crippen LogP contribution in [0.4, 0.5) is 4.79 Å². The first-order chi connectivity index (χ1) is 17.9. The standard InChI is InChI=1S/C28H37BrN2O7/c1-6-14-31(5)17-21-25(34)22(29)16-20-19(15-24(33)37-26(20)21)18-36-23(32)12-10-8-7-9-11-13-30-27(35)38-28(2,3)4/h1,15-16,34H,7-14,17-18H2,2-5H3,(H,30,35). The van der Waals surface area contributed by atoms with Gasteiger partial charge in [-0.3, -0.25) is 9.69 Å². The lowest BCUT2D eigenvalue weighted by Crippen LogP contribution is -2.32. The summed E-state index contributed by atoms with van der Waals surface area (Å²) in [5, 5.41) is 13.9. The summed E-state index contributed by atoms with van der Waals surface area (Å²) in [6.07, 6.45) is 9.46. The van der Waals surface area contributed by atoms with Crippen molar-refractivity contribution >= 4 is 39.0 Å². The van der Waals surface area contributed by atoms with Gasteiger partial charge in [0.25, 0.3) is 0 Å². The lowest BCUT2D eigenvalue weighted by Gasteiger charge is -2.19. The van der Waals surface area contributed by atoms with Gasteiger partial charge in [-0.15, -0.1) is 6.42 Å². The number of carbonyl (C=O) groups excluding carboxylic acids is 2. The Hall–Kier alpha value is -3.03. The third-order valence-corrected chi connectivity index (χ3v) is 6.15. The molecule has 0 fully saturated rings. The Balaban J connectivity index is 1.84. The van der Waals surface area contributed by atoms with Crippen molar-refractivity contribution in [2.45, 2.75) is 78.0 Å². The summed E-state index contributed by atoms with van der Waals surface area (Å²) in [5.41, 5.74) is 0.0185. The molecular formula is C28H37BrN2O7. The molecule has 0 saturated carbocycles. The molecule has 2 aromatic rings. The first-order valence-electron chi connectivity index (χ1n) is 12.6. The van der Waals surface area contributed by atoms with Crippen LogP contribution >= 0.6 is 15.9 Å². The smallest absolute Gasteiger partial charge is 0.407 e. The quantitative estimate of drug-likeness (QED) is 0.140. The zero-order valence-electron chi connectivity index (χ0n) is 22.5. The second kappa shape index (κ2) is 14.8. The first kappa shape index (κ1) is 31.2. The molecule has 9 nitrogen and oxygen atoms in total. The van der Waals surface area contributed by atoms with Gasteiger partial charge in [-0.05, 0) is 62.7 Å². The summed E-state index contributed by atoms with van der Waals surface area (Å²) in [6, 6.07) is 2.93. The van der Waals surface area contributed by atoms with E-state index in [2.05, 4.69) is 27.2 Å². The topological polar surface area (TPSA) is 118 Å². The maximum Gasteiger partial charge on any atom is 0.407 e. The van der Waals surface area contributed by atoms with E-state index >= 15 is 0 Å². The molecule has 0 spiro atoms. The number of halogens is 1. The highest BCUT2D eigenvalue weighted by Gasteiger charge is 2.19. The molecule has 0 radical (unpaired) electrons. The number of rotatable bonds is 13. The summed E-state index contributed by atoms with van der Waals surface area (Å²) in [4.78, 5) is 38.0. The minimum Gasteiger partial charge on any atom is -0.506 e. The Morgan fingerprint density at radius 1 is 1.18 bits per heavy atom. The summed E-state index contributed by atoms with van der Waals surface area (Å²) in [5.74, 6) is 2.13. The number of hydrogen-bond donors (Lipinski definition) is 2. The fourth-order valence-electron chi connectivity index (χ4n) is 3.79. The monoisotopic (exact) mass is 592 g/mol. The number of phenols is 1. The van der Waals surface area contributed by atoms with Crippen LogP contribution < -0.4 is 10.9 Å². The van der Waals surface area contributed by atoms with Gasteiger partial charge in [0, 0.05) is 36.5 Å². The minimum absolute atomic E-state index is 0.0423. The Morgan fingerprint density at radius 3 is 2.55 bits per heavy atom. The van der Waals surface area contributed by atoms with E-state index in [9.17, 15) is 19.5 Å². The van der Waals surface area contributed by atoms with Crippen molar-refractivity contribution in [2.24, 2.45) is 0 Å². The number of hydrogen-bond acceptors (Lipinski definition) is 8. The van der Waals surface area contributed by atoms with E-state index in [4.69, 9.17) is 20.3 Å². The summed E-state index contributed by atoms with van der Waals surface area (Å²) in [6.45, 7) is 6.52. The van der Waals surface area contributed by atoms with Crippen LogP contribution in [0, 0.1) is 12.3 Å². The van der Waals surface area contributed by atoms with Crippen LogP contribution in [0.5, 0.6) is 5.75 Å². The number of terminal acetylenes is 1. The molecule has 2 N–H and O–H groups in total. The van der Waals surface area contributed by atoms with Crippen molar-refractivity contribution in [3.63, 3.8) is 0 Å². The molecule has 0 atom stereocenters. The molecule has 0 saturated heterocycles. The van der Waals surface area contributed by atoms with Gasteiger partial charge in [0.1, 0.15) is 23.5 Å². The molecule has 1 heterocycles. The Morgan fingerprint density at radius 2 is 1.87 bits per heavy atom. The van der Waals surface area contributed by atoms with Gasteiger partial charge in [0.15, 0.2) is 0 Å². The molecule has 0 aliphatic carbocycles. The summed E-state index contributed by atoms with van der Waals surface area (Å²) in [7, 11) is 1.79. The molecule has 10 heteroatoms. The third-order valence-electron chi connectivity index (χ3n) is 5.55. The lowest BCUT2D eigenvalue weighted by atomic mass is 10.1. The maximum absolute atomic E-state index is 12.3. The number of ether oxygens (including phenoxy) is 2. The molecule has 1 amide bonds. The lowest BCUT2D eigenvalue weighted by molar-refractivity contribution is -0.145. The number of nitrogens with one attached hydrogen (secondary N) is 1. The SMILES string of the molecule is C#CCN(C)Cc1c(O)c(Br)cc2c(COC(=O)CCCCCCCNC(=O)OC(C)(C)C)cc(=O)oc12. The molecule has 1 aromatic carbocycles. The van der Waals surface area contributed by atoms with Gasteiger partial charge in [0.2, 0.25) is 0 Å². The van der Waals surface area contributed by atoms with Crippen LogP contribution in [0.15, 0.2) is 25.8 Å². The fourth-order valence-corrected chi connectivity index (χ4v) is 4.26. The van der Waals surface area contributed by atoms with Crippen LogP contribution in [0.3, 0.4) is 0 Å². The molecule has 1 aromatic heterocycles. The molecule has 0 aliphatic heterocycles. The molecule has 208 valence electrons. The van der Waals surface area contributed by atoms with Crippen molar-refractivity contribution in [2.75, 3.05) is 20.1 Å². The third kappa shape index (κ3) is 10.4. The molecular weight excluding hydrogens is 556 g/mol. The molecule has 38 heavy (non-hydrogen) atoms. The second-order valence-electron chi connectivity index (χ2n) is 10.1. The zero-order chi connectivity index (χ0) is 28.3. The van der Waals surface area contributed by atoms with E-state index in [1.54, 1.807) is 18.0 Å². The van der Waals surface area contributed by atoms with Crippen LogP contribution in [-0.2, 0) is 27.4 Å². The van der Waals surface area contributed by atoms with E-state index in [0.717, 1.165) is 25.7 Å². The average molecular weight is 594 g/mol. The summed E-state index contributed by atoms with van der Waals surface area (Å²) < 4.78 is 16.5. The number of phenolic OH excluding ortho intramolecular Hbond substituents is 1. The predicted octanol–water partition coefficient (Wildman–Crippen LogP) is 5.23. The van der Waals surface area contributed by atoms with Gasteiger partial charge in [-0.25, -0.2) is 9.59 Å². The Bertz CT molecular complexity index is 1210. The second-order valence-corrected chi connectivity index (χ2v) is 11.0. The van der Waals surface area contributed by atoms with E-state index in [-0.39, 0.29) is 36.9 Å². The largest absolute Gasteiger partial charge is 0.506 e. The van der Waals surface area contributed by atoms with Crippen molar-refractivity contribution in [1.29, 1.82) is 0 Å². The molecule has 2 rings (SSSR count). The van der Waals surface area contributed by atoms with Gasteiger partial charge in [-0.1, -0.05) is 25.2 Å². The number of carbonyl (C=O) groups is 2. The van der Waals surface area contributed by atoms with E-state index in [0.29, 0.717) is 40.5 Å². The number of esters is 1. The number of benzene rings is 1. The van der Waals surface area contributed by atoms with Crippen molar-refractivity contribution < 1.29 is 28.6 Å². The Kier molecular flexibility index (Phi) is 12.1. The van der Waals surface area contributed by atoms with Gasteiger partial charge < -0.3 is 24.3 Å². The molecule has 0 unspecified atom stereocenters. The highest BCUT2D eigenvalue weighted by molar-refractivity contribution is 9.10. The number of amides is 1. The predicted molar refractivity (Wildman–Crippen MR) is 149 cm³/mol. The summed E-state index contributed by atoms with van der Waals surface area (Å²) >= 11 is 3.35. The van der Waals surface area contributed by atoms with Crippen molar-refractivity contribution in [3.8, 4) is 18.1 Å². The molecule has 0 bridgehead atoms. The normalized spacial score (nSPS) is 11.4. The average Bonchev–Trinajstić information content (AvgIpc) is 2.81. The number of alkyl carbamates (subject to hydrolysis) is 1. The zero-order valence-corrected chi connectivity index (χ0v) is 24.1. The van der Waals surface area contributed by atoms with Gasteiger partial charge in [-0.2, -0.15) is 0 Å².